The molecule has 0 saturated heterocycles. The molecule has 3 rings (SSSR count). The molecule has 1 heterocycles. The van der Waals surface area contributed by atoms with Gasteiger partial charge in [0.15, 0.2) is 24.2 Å². The maximum atomic E-state index is 11.4. The third-order valence-electron chi connectivity index (χ3n) is 4.57. The molecule has 0 fully saturated rings. The van der Waals surface area contributed by atoms with Crippen molar-refractivity contribution in [3.05, 3.63) is 47.5 Å². The third kappa shape index (κ3) is 4.14. The summed E-state index contributed by atoms with van der Waals surface area (Å²) in [7, 11) is 3.24. The zero-order valence-electron chi connectivity index (χ0n) is 16.1. The van der Waals surface area contributed by atoms with Gasteiger partial charge in [-0.05, 0) is 36.8 Å². The number of benzene rings is 2. The number of carbonyl (C=O) groups excluding carboxylic acids is 1. The number of phenolic OH excluding ortho intramolecular Hbond substituents is 1. The minimum absolute atomic E-state index is 0.0864. The van der Waals surface area contributed by atoms with Crippen molar-refractivity contribution in [1.82, 2.24) is 0 Å². The molecule has 0 spiro atoms. The van der Waals surface area contributed by atoms with Gasteiger partial charge < -0.3 is 28.8 Å². The molecule has 2 aromatic rings. The van der Waals surface area contributed by atoms with E-state index in [1.54, 1.807) is 39.3 Å². The highest BCUT2D eigenvalue weighted by Gasteiger charge is 2.33. The molecule has 7 nitrogen and oxygen atoms in total. The summed E-state index contributed by atoms with van der Waals surface area (Å²) in [6, 6.07) is 10.6. The molecule has 0 radical (unpaired) electrons. The fourth-order valence-corrected chi connectivity index (χ4v) is 3.23. The average Bonchev–Trinajstić information content (AvgIpc) is 2.71. The Balaban J connectivity index is 1.80. The number of phenols is 1. The van der Waals surface area contributed by atoms with Gasteiger partial charge in [-0.1, -0.05) is 12.1 Å². The van der Waals surface area contributed by atoms with Crippen molar-refractivity contribution in [2.45, 2.75) is 25.6 Å². The van der Waals surface area contributed by atoms with Gasteiger partial charge in [0.2, 0.25) is 0 Å². The van der Waals surface area contributed by atoms with Crippen LogP contribution >= 0.6 is 0 Å². The Morgan fingerprint density at radius 3 is 2.71 bits per heavy atom. The zero-order chi connectivity index (χ0) is 20.1. The first-order chi connectivity index (χ1) is 13.6. The Bertz CT molecular complexity index is 833. The second kappa shape index (κ2) is 8.84. The van der Waals surface area contributed by atoms with Gasteiger partial charge in [-0.25, -0.2) is 4.79 Å². The molecule has 1 aliphatic heterocycles. The van der Waals surface area contributed by atoms with E-state index in [1.165, 1.54) is 0 Å². The first kappa shape index (κ1) is 19.8. The topological polar surface area (TPSA) is 83.5 Å². The molecule has 28 heavy (non-hydrogen) atoms. The van der Waals surface area contributed by atoms with Crippen LogP contribution in [0.2, 0.25) is 0 Å². The monoisotopic (exact) mass is 388 g/mol. The summed E-state index contributed by atoms with van der Waals surface area (Å²) in [5, 5.41) is 10.3. The highest BCUT2D eigenvalue weighted by atomic mass is 16.6. The van der Waals surface area contributed by atoms with E-state index in [2.05, 4.69) is 0 Å². The number of fused-ring (bicyclic) bond motifs is 1. The Kier molecular flexibility index (Phi) is 6.26. The number of carbonyl (C=O) groups is 1. The Labute approximate surface area is 163 Å². The number of ether oxygens (including phenoxy) is 5. The van der Waals surface area contributed by atoms with Crippen molar-refractivity contribution in [1.29, 1.82) is 0 Å². The van der Waals surface area contributed by atoms with Crippen molar-refractivity contribution < 1.29 is 33.6 Å². The summed E-state index contributed by atoms with van der Waals surface area (Å²) in [6.07, 6.45) is -0.0494. The van der Waals surface area contributed by atoms with Crippen LogP contribution in [0.25, 0.3) is 0 Å². The summed E-state index contributed by atoms with van der Waals surface area (Å²) >= 11 is 0. The molecule has 0 unspecified atom stereocenters. The van der Waals surface area contributed by atoms with Gasteiger partial charge in [-0.15, -0.1) is 0 Å². The zero-order valence-corrected chi connectivity index (χ0v) is 16.1. The van der Waals surface area contributed by atoms with E-state index in [-0.39, 0.29) is 30.8 Å². The van der Waals surface area contributed by atoms with Crippen LogP contribution in [0, 0.1) is 0 Å². The van der Waals surface area contributed by atoms with Crippen LogP contribution in [-0.4, -0.2) is 44.6 Å². The van der Waals surface area contributed by atoms with Crippen LogP contribution in [0.15, 0.2) is 36.4 Å². The molecule has 150 valence electrons. The minimum Gasteiger partial charge on any atom is -0.504 e. The van der Waals surface area contributed by atoms with Gasteiger partial charge in [-0.2, -0.15) is 0 Å². The van der Waals surface area contributed by atoms with Crippen molar-refractivity contribution in [3.63, 3.8) is 0 Å². The van der Waals surface area contributed by atoms with E-state index in [0.717, 1.165) is 22.6 Å². The fraction of sp³-hybridized carbons (Fsp3) is 0.381. The molecular formula is C21H24O7. The van der Waals surface area contributed by atoms with Gasteiger partial charge >= 0.3 is 5.97 Å². The summed E-state index contributed by atoms with van der Waals surface area (Å²) in [6.45, 7) is 1.72. The Morgan fingerprint density at radius 1 is 1.21 bits per heavy atom. The van der Waals surface area contributed by atoms with Gasteiger partial charge in [0.1, 0.15) is 17.6 Å². The summed E-state index contributed by atoms with van der Waals surface area (Å²) in [5.41, 5.74) is 1.69. The van der Waals surface area contributed by atoms with E-state index >= 15 is 0 Å². The molecule has 0 saturated carbocycles. The second-order valence-corrected chi connectivity index (χ2v) is 6.27. The first-order valence-electron chi connectivity index (χ1n) is 9.04. The van der Waals surface area contributed by atoms with Crippen molar-refractivity contribution in [2.24, 2.45) is 0 Å². The Morgan fingerprint density at radius 2 is 2.04 bits per heavy atom. The molecule has 0 bridgehead atoms. The van der Waals surface area contributed by atoms with Crippen LogP contribution in [0.1, 0.15) is 24.2 Å². The lowest BCUT2D eigenvalue weighted by molar-refractivity contribution is -0.145. The van der Waals surface area contributed by atoms with Crippen molar-refractivity contribution in [2.75, 3.05) is 27.4 Å². The van der Waals surface area contributed by atoms with E-state index in [0.29, 0.717) is 6.42 Å². The molecule has 1 aliphatic rings. The Hall–Kier alpha value is -2.93. The number of esters is 1. The largest absolute Gasteiger partial charge is 0.504 e. The van der Waals surface area contributed by atoms with E-state index < -0.39 is 12.1 Å². The number of methoxy groups -OCH3 is 2. The van der Waals surface area contributed by atoms with E-state index in [9.17, 15) is 9.90 Å². The molecular weight excluding hydrogens is 364 g/mol. The molecule has 2 aromatic carbocycles. The number of aromatic hydroxyl groups is 1. The minimum atomic E-state index is -0.494. The molecule has 2 atom stereocenters. The number of hydrogen-bond donors (Lipinski definition) is 1. The quantitative estimate of drug-likeness (QED) is 0.730. The summed E-state index contributed by atoms with van der Waals surface area (Å²) in [5.74, 6) is 1.09. The normalized spacial score (nSPS) is 18.0. The molecule has 1 N–H and O–H groups in total. The van der Waals surface area contributed by atoms with E-state index in [1.807, 2.05) is 18.2 Å². The van der Waals surface area contributed by atoms with Crippen LogP contribution in [0.4, 0.5) is 0 Å². The molecule has 7 heteroatoms. The first-order valence-corrected chi connectivity index (χ1v) is 9.04. The average molecular weight is 388 g/mol. The lowest BCUT2D eigenvalue weighted by Crippen LogP contribution is -2.32. The number of rotatable bonds is 7. The number of hydrogen-bond acceptors (Lipinski definition) is 7. The van der Waals surface area contributed by atoms with Gasteiger partial charge in [0, 0.05) is 19.1 Å². The van der Waals surface area contributed by atoms with Gasteiger partial charge in [-0.3, -0.25) is 0 Å². The summed E-state index contributed by atoms with van der Waals surface area (Å²) in [4.78, 5) is 11.4. The SMILES string of the molecule is CCOC(=O)COc1ccc([C@H]2Oc3cccc(OC)c3C[C@H]2OC)cc1O. The van der Waals surface area contributed by atoms with Gasteiger partial charge in [0.25, 0.3) is 0 Å². The van der Waals surface area contributed by atoms with E-state index in [4.69, 9.17) is 23.7 Å². The molecule has 0 aromatic heterocycles. The van der Waals surface area contributed by atoms with Crippen LogP contribution in [0.5, 0.6) is 23.0 Å². The van der Waals surface area contributed by atoms with Crippen molar-refractivity contribution >= 4 is 5.97 Å². The fourth-order valence-electron chi connectivity index (χ4n) is 3.23. The van der Waals surface area contributed by atoms with Gasteiger partial charge in [0.05, 0.1) is 13.7 Å². The molecule has 0 aliphatic carbocycles. The summed E-state index contributed by atoms with van der Waals surface area (Å²) < 4.78 is 27.3. The van der Waals surface area contributed by atoms with Crippen LogP contribution < -0.4 is 14.2 Å². The lowest BCUT2D eigenvalue weighted by atomic mass is 9.94. The third-order valence-corrected chi connectivity index (χ3v) is 4.57. The predicted octanol–water partition coefficient (Wildman–Crippen LogP) is 3.03. The highest BCUT2D eigenvalue weighted by Crippen LogP contribution is 2.42. The molecule has 0 amide bonds. The second-order valence-electron chi connectivity index (χ2n) is 6.27. The smallest absolute Gasteiger partial charge is 0.344 e. The maximum absolute atomic E-state index is 11.4. The lowest BCUT2D eigenvalue weighted by Gasteiger charge is -2.33. The maximum Gasteiger partial charge on any atom is 0.344 e. The highest BCUT2D eigenvalue weighted by molar-refractivity contribution is 5.71. The van der Waals surface area contributed by atoms with Crippen LogP contribution in [-0.2, 0) is 20.7 Å². The predicted molar refractivity (Wildman–Crippen MR) is 101 cm³/mol. The standard InChI is InChI=1S/C21H24O7/c1-4-26-20(23)12-27-18-9-8-13(10-15(18)22)21-19(25-3)11-14-16(24-2)6-5-7-17(14)28-21/h5-10,19,21-22H,4,11-12H2,1-3H3/t19-,21-/m1/s1. The van der Waals surface area contributed by atoms with Crippen LogP contribution in [0.3, 0.4) is 0 Å². The van der Waals surface area contributed by atoms with Crippen molar-refractivity contribution in [3.8, 4) is 23.0 Å².